The van der Waals surface area contributed by atoms with Crippen LogP contribution in [0.25, 0.3) is 0 Å². The molecular formula is C18H26N4O3. The lowest BCUT2D eigenvalue weighted by molar-refractivity contribution is -0.133. The molecule has 3 heterocycles. The van der Waals surface area contributed by atoms with Crippen LogP contribution in [0.3, 0.4) is 0 Å². The Hall–Kier alpha value is -2.18. The number of nitrogens with zero attached hydrogens (tertiary/aromatic N) is 4. The van der Waals surface area contributed by atoms with E-state index in [1.54, 1.807) is 0 Å². The molecule has 2 atom stereocenters. The molecule has 136 valence electrons. The molecule has 0 N–H and O–H groups in total. The number of amides is 1. The van der Waals surface area contributed by atoms with Gasteiger partial charge < -0.3 is 13.9 Å². The Morgan fingerprint density at radius 3 is 2.56 bits per heavy atom. The zero-order chi connectivity index (χ0) is 18.1. The first-order chi connectivity index (χ1) is 11.9. The smallest absolute Gasteiger partial charge is 0.230 e. The van der Waals surface area contributed by atoms with Gasteiger partial charge in [0.15, 0.2) is 5.82 Å². The van der Waals surface area contributed by atoms with E-state index >= 15 is 0 Å². The second kappa shape index (κ2) is 6.98. The highest BCUT2D eigenvalue weighted by Gasteiger charge is 2.32. The number of hydrogen-bond acceptors (Lipinski definition) is 6. The van der Waals surface area contributed by atoms with Crippen molar-refractivity contribution >= 4 is 5.91 Å². The van der Waals surface area contributed by atoms with Gasteiger partial charge >= 0.3 is 0 Å². The number of carbonyl (C=O) groups is 1. The van der Waals surface area contributed by atoms with Gasteiger partial charge in [-0.2, -0.15) is 4.98 Å². The van der Waals surface area contributed by atoms with Gasteiger partial charge in [0.25, 0.3) is 0 Å². The fourth-order valence-corrected chi connectivity index (χ4v) is 3.54. The van der Waals surface area contributed by atoms with Gasteiger partial charge in [-0.3, -0.25) is 4.79 Å². The van der Waals surface area contributed by atoms with Crippen LogP contribution in [0.1, 0.15) is 80.1 Å². The minimum atomic E-state index is -0.263. The maximum absolute atomic E-state index is 13.0. The summed E-state index contributed by atoms with van der Waals surface area (Å²) in [5.74, 6) is 2.27. The fraction of sp³-hybridized carbons (Fsp3) is 0.667. The molecule has 1 fully saturated rings. The number of likely N-dealkylation sites (tertiary alicyclic amines) is 1. The number of rotatable bonds is 4. The standard InChI is InChI=1S/C18H26N4O3/c1-10(2)17-19-16(21-25-17)14-7-6-8-22(9-14)18(23)11(3)15-12(4)20-24-13(15)5/h10-11,14H,6-9H2,1-5H3/t11-,14+/m0/s1. The Morgan fingerprint density at radius 1 is 1.20 bits per heavy atom. The lowest BCUT2D eigenvalue weighted by Crippen LogP contribution is -2.41. The summed E-state index contributed by atoms with van der Waals surface area (Å²) in [4.78, 5) is 19.4. The molecule has 1 amide bonds. The molecule has 1 aliphatic heterocycles. The van der Waals surface area contributed by atoms with Gasteiger partial charge in [0.05, 0.1) is 11.6 Å². The molecule has 0 spiro atoms. The fourth-order valence-electron chi connectivity index (χ4n) is 3.54. The summed E-state index contributed by atoms with van der Waals surface area (Å²) >= 11 is 0. The third-order valence-electron chi connectivity index (χ3n) is 4.94. The van der Waals surface area contributed by atoms with Gasteiger partial charge in [0.1, 0.15) is 5.76 Å². The summed E-state index contributed by atoms with van der Waals surface area (Å²) in [6.45, 7) is 11.1. The van der Waals surface area contributed by atoms with Crippen LogP contribution in [-0.2, 0) is 4.79 Å². The van der Waals surface area contributed by atoms with Gasteiger partial charge in [0, 0.05) is 30.5 Å². The summed E-state index contributed by atoms with van der Waals surface area (Å²) in [5.41, 5.74) is 1.68. The van der Waals surface area contributed by atoms with E-state index in [1.165, 1.54) is 0 Å². The van der Waals surface area contributed by atoms with Crippen molar-refractivity contribution in [3.8, 4) is 0 Å². The van der Waals surface area contributed by atoms with E-state index in [2.05, 4.69) is 15.3 Å². The van der Waals surface area contributed by atoms with E-state index in [4.69, 9.17) is 9.05 Å². The monoisotopic (exact) mass is 346 g/mol. The largest absolute Gasteiger partial charge is 0.361 e. The third kappa shape index (κ3) is 3.45. The lowest BCUT2D eigenvalue weighted by atomic mass is 9.93. The molecule has 2 aromatic heterocycles. The Bertz CT molecular complexity index is 730. The predicted molar refractivity (Wildman–Crippen MR) is 91.3 cm³/mol. The van der Waals surface area contributed by atoms with Crippen LogP contribution in [0.5, 0.6) is 0 Å². The molecule has 2 aromatic rings. The van der Waals surface area contributed by atoms with Crippen LogP contribution in [0.4, 0.5) is 0 Å². The summed E-state index contributed by atoms with van der Waals surface area (Å²) in [7, 11) is 0. The van der Waals surface area contributed by atoms with Crippen molar-refractivity contribution in [3.63, 3.8) is 0 Å². The molecule has 0 saturated carbocycles. The van der Waals surface area contributed by atoms with Crippen LogP contribution in [0.15, 0.2) is 9.05 Å². The van der Waals surface area contributed by atoms with Crippen molar-refractivity contribution in [1.29, 1.82) is 0 Å². The van der Waals surface area contributed by atoms with Crippen molar-refractivity contribution in [2.24, 2.45) is 0 Å². The molecule has 3 rings (SSSR count). The summed E-state index contributed by atoms with van der Waals surface area (Å²) in [6, 6.07) is 0. The van der Waals surface area contributed by atoms with Crippen molar-refractivity contribution in [2.45, 2.75) is 65.2 Å². The minimum Gasteiger partial charge on any atom is -0.361 e. The first-order valence-corrected chi connectivity index (χ1v) is 8.93. The van der Waals surface area contributed by atoms with Gasteiger partial charge in [-0.05, 0) is 33.6 Å². The molecule has 0 radical (unpaired) electrons. The second-order valence-electron chi connectivity index (χ2n) is 7.23. The zero-order valence-electron chi connectivity index (χ0n) is 15.6. The highest BCUT2D eigenvalue weighted by Crippen LogP contribution is 2.30. The van der Waals surface area contributed by atoms with Crippen LogP contribution >= 0.6 is 0 Å². The first kappa shape index (κ1) is 17.6. The molecule has 1 saturated heterocycles. The maximum atomic E-state index is 13.0. The second-order valence-corrected chi connectivity index (χ2v) is 7.23. The number of hydrogen-bond donors (Lipinski definition) is 0. The van der Waals surface area contributed by atoms with E-state index in [0.717, 1.165) is 30.6 Å². The Morgan fingerprint density at radius 2 is 1.96 bits per heavy atom. The maximum Gasteiger partial charge on any atom is 0.230 e. The van der Waals surface area contributed by atoms with E-state index in [0.29, 0.717) is 24.0 Å². The SMILES string of the molecule is Cc1noc(C)c1[C@H](C)C(=O)N1CCC[C@@H](c2noc(C(C)C)n2)C1. The Kier molecular flexibility index (Phi) is 4.92. The third-order valence-corrected chi connectivity index (χ3v) is 4.94. The first-order valence-electron chi connectivity index (χ1n) is 8.93. The average Bonchev–Trinajstić information content (AvgIpc) is 3.21. The number of piperidine rings is 1. The summed E-state index contributed by atoms with van der Waals surface area (Å²) in [6.07, 6.45) is 1.91. The van der Waals surface area contributed by atoms with E-state index in [-0.39, 0.29) is 23.7 Å². The van der Waals surface area contributed by atoms with Crippen molar-refractivity contribution in [3.05, 3.63) is 28.7 Å². The molecule has 7 nitrogen and oxygen atoms in total. The van der Waals surface area contributed by atoms with Crippen molar-refractivity contribution in [1.82, 2.24) is 20.2 Å². The van der Waals surface area contributed by atoms with Crippen molar-refractivity contribution in [2.75, 3.05) is 13.1 Å². The highest BCUT2D eigenvalue weighted by molar-refractivity contribution is 5.84. The number of carbonyl (C=O) groups excluding carboxylic acids is 1. The van der Waals surface area contributed by atoms with Gasteiger partial charge in [-0.15, -0.1) is 0 Å². The van der Waals surface area contributed by atoms with Gasteiger partial charge in [0.2, 0.25) is 11.8 Å². The lowest BCUT2D eigenvalue weighted by Gasteiger charge is -2.33. The van der Waals surface area contributed by atoms with Crippen molar-refractivity contribution < 1.29 is 13.8 Å². The summed E-state index contributed by atoms with van der Waals surface area (Å²) in [5, 5.41) is 8.10. The van der Waals surface area contributed by atoms with Gasteiger partial charge in [-0.1, -0.05) is 24.2 Å². The Balaban J connectivity index is 1.73. The topological polar surface area (TPSA) is 85.3 Å². The summed E-state index contributed by atoms with van der Waals surface area (Å²) < 4.78 is 10.5. The van der Waals surface area contributed by atoms with Crippen LogP contribution in [0.2, 0.25) is 0 Å². The Labute approximate surface area is 147 Å². The normalized spacial score (nSPS) is 19.4. The molecular weight excluding hydrogens is 320 g/mol. The van der Waals surface area contributed by atoms with Crippen LogP contribution in [-0.4, -0.2) is 39.2 Å². The average molecular weight is 346 g/mol. The molecule has 0 aromatic carbocycles. The zero-order valence-corrected chi connectivity index (χ0v) is 15.6. The van der Waals surface area contributed by atoms with E-state index in [9.17, 15) is 4.79 Å². The molecule has 0 unspecified atom stereocenters. The number of aromatic nitrogens is 3. The van der Waals surface area contributed by atoms with Crippen LogP contribution in [0, 0.1) is 13.8 Å². The van der Waals surface area contributed by atoms with E-state index < -0.39 is 0 Å². The minimum absolute atomic E-state index is 0.103. The molecule has 0 aliphatic carbocycles. The molecule has 7 heteroatoms. The predicted octanol–water partition coefficient (Wildman–Crippen LogP) is 3.31. The number of aryl methyl sites for hydroxylation is 2. The molecule has 0 bridgehead atoms. The quantitative estimate of drug-likeness (QED) is 0.844. The van der Waals surface area contributed by atoms with Crippen LogP contribution < -0.4 is 0 Å². The molecule has 25 heavy (non-hydrogen) atoms. The van der Waals surface area contributed by atoms with E-state index in [1.807, 2.05) is 39.5 Å². The highest BCUT2D eigenvalue weighted by atomic mass is 16.5. The van der Waals surface area contributed by atoms with Gasteiger partial charge in [-0.25, -0.2) is 0 Å². The molecule has 1 aliphatic rings.